The number of benzene rings is 1. The number of fused-ring (bicyclic) bond motifs is 1. The van der Waals surface area contributed by atoms with Gasteiger partial charge in [-0.05, 0) is 36.4 Å². The molecule has 1 aromatic carbocycles. The van der Waals surface area contributed by atoms with Crippen LogP contribution in [0.25, 0.3) is 5.65 Å². The van der Waals surface area contributed by atoms with Crippen molar-refractivity contribution >= 4 is 11.6 Å². The minimum absolute atomic E-state index is 0.0126. The number of aromatic carboxylic acids is 1. The third-order valence-electron chi connectivity index (χ3n) is 2.97. The van der Waals surface area contributed by atoms with Crippen molar-refractivity contribution in [1.82, 2.24) is 9.38 Å². The van der Waals surface area contributed by atoms with E-state index in [-0.39, 0.29) is 11.6 Å². The van der Waals surface area contributed by atoms with Crippen LogP contribution >= 0.6 is 0 Å². The second kappa shape index (κ2) is 5.16. The van der Waals surface area contributed by atoms with Crippen LogP contribution in [-0.2, 0) is 0 Å². The summed E-state index contributed by atoms with van der Waals surface area (Å²) in [5.74, 6) is 0.133. The van der Waals surface area contributed by atoms with E-state index in [0.717, 1.165) is 0 Å². The van der Waals surface area contributed by atoms with Gasteiger partial charge in [-0.3, -0.25) is 4.40 Å². The molecular formula is C15H12N2O4. The molecule has 1 N–H and O–H groups in total. The number of hydrogen-bond acceptors (Lipinski definition) is 4. The molecule has 0 spiro atoms. The highest BCUT2D eigenvalue weighted by Crippen LogP contribution is 2.27. The Morgan fingerprint density at radius 1 is 1.14 bits per heavy atom. The number of rotatable bonds is 4. The first kappa shape index (κ1) is 13.0. The summed E-state index contributed by atoms with van der Waals surface area (Å²) in [6.45, 7) is 0. The Morgan fingerprint density at radius 3 is 2.52 bits per heavy atom. The number of hydrogen-bond donors (Lipinski definition) is 1. The Hall–Kier alpha value is -3.02. The largest absolute Gasteiger partial charge is 0.497 e. The fourth-order valence-corrected chi connectivity index (χ4v) is 2.00. The van der Waals surface area contributed by atoms with Crippen LogP contribution in [0.4, 0.5) is 0 Å². The van der Waals surface area contributed by atoms with Crippen molar-refractivity contribution in [3.63, 3.8) is 0 Å². The standard InChI is InChI=1S/C15H12N2O4/c1-20-10-5-7-11(8-6-10)21-14-13(15(18)19)17-9-3-2-4-12(17)16-14/h2-9H,1H3,(H,18,19). The van der Waals surface area contributed by atoms with Crippen LogP contribution in [-0.4, -0.2) is 27.6 Å². The fourth-order valence-electron chi connectivity index (χ4n) is 2.00. The monoisotopic (exact) mass is 284 g/mol. The average molecular weight is 284 g/mol. The zero-order valence-electron chi connectivity index (χ0n) is 11.2. The minimum Gasteiger partial charge on any atom is -0.497 e. The fraction of sp³-hybridized carbons (Fsp3) is 0.0667. The molecule has 0 unspecified atom stereocenters. The van der Waals surface area contributed by atoms with Crippen molar-refractivity contribution in [3.8, 4) is 17.4 Å². The van der Waals surface area contributed by atoms with Gasteiger partial charge in [-0.1, -0.05) is 6.07 Å². The van der Waals surface area contributed by atoms with Crippen molar-refractivity contribution in [2.24, 2.45) is 0 Å². The maximum absolute atomic E-state index is 11.4. The summed E-state index contributed by atoms with van der Waals surface area (Å²) in [5.41, 5.74) is 0.500. The van der Waals surface area contributed by atoms with E-state index in [4.69, 9.17) is 9.47 Å². The Morgan fingerprint density at radius 2 is 1.86 bits per heavy atom. The quantitative estimate of drug-likeness (QED) is 0.797. The highest BCUT2D eigenvalue weighted by Gasteiger charge is 2.20. The van der Waals surface area contributed by atoms with Crippen molar-refractivity contribution in [2.45, 2.75) is 0 Å². The summed E-state index contributed by atoms with van der Waals surface area (Å²) in [4.78, 5) is 15.6. The van der Waals surface area contributed by atoms with Gasteiger partial charge < -0.3 is 14.6 Å². The summed E-state index contributed by atoms with van der Waals surface area (Å²) in [6.07, 6.45) is 1.63. The normalized spacial score (nSPS) is 10.5. The zero-order chi connectivity index (χ0) is 14.8. The first-order chi connectivity index (χ1) is 10.2. The van der Waals surface area contributed by atoms with Gasteiger partial charge >= 0.3 is 5.97 Å². The van der Waals surface area contributed by atoms with Crippen LogP contribution in [0, 0.1) is 0 Å². The number of pyridine rings is 1. The number of nitrogens with zero attached hydrogens (tertiary/aromatic N) is 2. The molecule has 2 heterocycles. The summed E-state index contributed by atoms with van der Waals surface area (Å²) in [6, 6.07) is 12.1. The lowest BCUT2D eigenvalue weighted by molar-refractivity contribution is 0.0686. The number of ether oxygens (including phenoxy) is 2. The molecule has 0 aliphatic heterocycles. The average Bonchev–Trinajstić information content (AvgIpc) is 2.86. The first-order valence-corrected chi connectivity index (χ1v) is 6.21. The van der Waals surface area contributed by atoms with Gasteiger partial charge in [-0.25, -0.2) is 4.79 Å². The molecule has 21 heavy (non-hydrogen) atoms. The molecule has 3 rings (SSSR count). The Kier molecular flexibility index (Phi) is 3.19. The number of carbonyl (C=O) groups is 1. The Labute approximate surface area is 120 Å². The maximum Gasteiger partial charge on any atom is 0.358 e. The molecule has 0 aliphatic rings. The molecule has 0 radical (unpaired) electrons. The van der Waals surface area contributed by atoms with Crippen LogP contribution in [0.5, 0.6) is 17.4 Å². The highest BCUT2D eigenvalue weighted by molar-refractivity contribution is 5.89. The number of aromatic nitrogens is 2. The van der Waals surface area contributed by atoms with Gasteiger partial charge in [0.1, 0.15) is 17.1 Å². The zero-order valence-corrected chi connectivity index (χ0v) is 11.2. The van der Waals surface area contributed by atoms with E-state index in [9.17, 15) is 9.90 Å². The molecule has 0 bridgehead atoms. The van der Waals surface area contributed by atoms with Gasteiger partial charge in [0.25, 0.3) is 5.88 Å². The summed E-state index contributed by atoms with van der Waals surface area (Å²) < 4.78 is 12.1. The van der Waals surface area contributed by atoms with E-state index in [0.29, 0.717) is 17.1 Å². The summed E-state index contributed by atoms with van der Waals surface area (Å²) in [5, 5.41) is 9.35. The van der Waals surface area contributed by atoms with Crippen molar-refractivity contribution in [2.75, 3.05) is 7.11 Å². The lowest BCUT2D eigenvalue weighted by Gasteiger charge is -2.05. The van der Waals surface area contributed by atoms with Crippen LogP contribution in [0.15, 0.2) is 48.7 Å². The van der Waals surface area contributed by atoms with E-state index < -0.39 is 5.97 Å². The third kappa shape index (κ3) is 2.38. The van der Waals surface area contributed by atoms with Crippen LogP contribution in [0.2, 0.25) is 0 Å². The number of carboxylic acids is 1. The molecule has 0 atom stereocenters. The van der Waals surface area contributed by atoms with Crippen LogP contribution < -0.4 is 9.47 Å². The van der Waals surface area contributed by atoms with Gasteiger partial charge in [0.05, 0.1) is 7.11 Å². The van der Waals surface area contributed by atoms with Crippen molar-refractivity contribution < 1.29 is 19.4 Å². The predicted molar refractivity (Wildman–Crippen MR) is 75.2 cm³/mol. The SMILES string of the molecule is COc1ccc(Oc2nc3ccccn3c2C(=O)O)cc1. The molecule has 106 valence electrons. The van der Waals surface area contributed by atoms with Gasteiger partial charge in [-0.15, -0.1) is 0 Å². The molecule has 0 saturated carbocycles. The summed E-state index contributed by atoms with van der Waals surface area (Å²) >= 11 is 0. The second-order valence-corrected chi connectivity index (χ2v) is 4.28. The molecule has 0 amide bonds. The lowest BCUT2D eigenvalue weighted by Crippen LogP contribution is -2.03. The van der Waals surface area contributed by atoms with Gasteiger partial charge in [0, 0.05) is 6.20 Å². The van der Waals surface area contributed by atoms with E-state index in [1.165, 1.54) is 4.40 Å². The number of imidazole rings is 1. The predicted octanol–water partition coefficient (Wildman–Crippen LogP) is 2.83. The molecule has 0 aliphatic carbocycles. The smallest absolute Gasteiger partial charge is 0.358 e. The molecule has 6 heteroatoms. The van der Waals surface area contributed by atoms with Gasteiger partial charge in [-0.2, -0.15) is 4.98 Å². The Balaban J connectivity index is 2.02. The van der Waals surface area contributed by atoms with Crippen molar-refractivity contribution in [3.05, 3.63) is 54.4 Å². The molecule has 6 nitrogen and oxygen atoms in total. The van der Waals surface area contributed by atoms with Gasteiger partial charge in [0.2, 0.25) is 0 Å². The topological polar surface area (TPSA) is 73.1 Å². The van der Waals surface area contributed by atoms with Crippen LogP contribution in [0.3, 0.4) is 0 Å². The third-order valence-corrected chi connectivity index (χ3v) is 2.97. The number of carboxylic acid groups (broad SMARTS) is 1. The van der Waals surface area contributed by atoms with E-state index in [1.807, 2.05) is 0 Å². The first-order valence-electron chi connectivity index (χ1n) is 6.21. The van der Waals surface area contributed by atoms with E-state index in [2.05, 4.69) is 4.98 Å². The highest BCUT2D eigenvalue weighted by atomic mass is 16.5. The second-order valence-electron chi connectivity index (χ2n) is 4.28. The molecule has 0 saturated heterocycles. The van der Waals surface area contributed by atoms with E-state index in [1.54, 1.807) is 55.8 Å². The minimum atomic E-state index is -1.10. The van der Waals surface area contributed by atoms with Gasteiger partial charge in [0.15, 0.2) is 5.69 Å². The molecule has 2 aromatic heterocycles. The maximum atomic E-state index is 11.4. The summed E-state index contributed by atoms with van der Waals surface area (Å²) in [7, 11) is 1.57. The van der Waals surface area contributed by atoms with E-state index >= 15 is 0 Å². The molecular weight excluding hydrogens is 272 g/mol. The molecule has 0 fully saturated rings. The van der Waals surface area contributed by atoms with Crippen LogP contribution in [0.1, 0.15) is 10.5 Å². The lowest BCUT2D eigenvalue weighted by atomic mass is 10.3. The molecule has 3 aromatic rings. The number of methoxy groups -OCH3 is 1. The van der Waals surface area contributed by atoms with Crippen molar-refractivity contribution in [1.29, 1.82) is 0 Å². The Bertz CT molecular complexity index is 793.